The fraction of sp³-hybridized carbons (Fsp3) is 0.522. The Bertz CT molecular complexity index is 1080. The monoisotopic (exact) mass is 455 g/mol. The third-order valence-electron chi connectivity index (χ3n) is 6.66. The second-order valence-corrected chi connectivity index (χ2v) is 10.5. The lowest BCUT2D eigenvalue weighted by Gasteiger charge is -2.28. The van der Waals surface area contributed by atoms with E-state index in [2.05, 4.69) is 15.6 Å². The quantitative estimate of drug-likeness (QED) is 0.384. The van der Waals surface area contributed by atoms with Gasteiger partial charge in [-0.1, -0.05) is 12.1 Å². The first-order chi connectivity index (χ1) is 15.3. The lowest BCUT2D eigenvalue weighted by molar-refractivity contribution is -0.0601. The lowest BCUT2D eigenvalue weighted by Crippen LogP contribution is -2.40. The molecule has 4 atom stereocenters. The molecule has 9 heteroatoms. The number of nitrogens with zero attached hydrogens (tertiary/aromatic N) is 3. The molecule has 0 saturated heterocycles. The summed E-state index contributed by atoms with van der Waals surface area (Å²) >= 11 is 1.56. The molecule has 170 valence electrons. The molecule has 2 aliphatic rings. The first kappa shape index (κ1) is 21.5. The maximum Gasteiger partial charge on any atom is 0.224 e. The predicted molar refractivity (Wildman–Crippen MR) is 126 cm³/mol. The van der Waals surface area contributed by atoms with E-state index in [0.29, 0.717) is 24.2 Å². The van der Waals surface area contributed by atoms with Gasteiger partial charge in [0.2, 0.25) is 5.95 Å². The maximum atomic E-state index is 10.7. The smallest absolute Gasteiger partial charge is 0.224 e. The first-order valence-corrected chi connectivity index (χ1v) is 12.0. The van der Waals surface area contributed by atoms with Crippen LogP contribution in [0.2, 0.25) is 0 Å². The van der Waals surface area contributed by atoms with Crippen LogP contribution in [0, 0.1) is 5.92 Å². The number of aliphatic hydroxyl groups excluding tert-OH is 2. The Balaban J connectivity index is 1.49. The van der Waals surface area contributed by atoms with Gasteiger partial charge >= 0.3 is 0 Å². The SMILES string of the molecule is CC(C)(O)[C@H]1C[C@@H](Nc2nc(NC3CCC3)ncc2-c2nc3ccccc3s2)[C@H](O)[C@@H]1O. The highest BCUT2D eigenvalue weighted by molar-refractivity contribution is 7.21. The third-order valence-corrected chi connectivity index (χ3v) is 7.73. The highest BCUT2D eigenvalue weighted by Crippen LogP contribution is 2.39. The summed E-state index contributed by atoms with van der Waals surface area (Å²) < 4.78 is 1.07. The molecule has 0 spiro atoms. The van der Waals surface area contributed by atoms with Gasteiger partial charge in [0.15, 0.2) is 0 Å². The zero-order valence-electron chi connectivity index (χ0n) is 18.2. The molecule has 0 unspecified atom stereocenters. The highest BCUT2D eigenvalue weighted by atomic mass is 32.1. The Hall–Kier alpha value is -2.33. The molecule has 3 aromatic rings. The minimum Gasteiger partial charge on any atom is -0.390 e. The van der Waals surface area contributed by atoms with Crippen LogP contribution in [0.5, 0.6) is 0 Å². The summed E-state index contributed by atoms with van der Waals surface area (Å²) in [5, 5.41) is 39.2. The summed E-state index contributed by atoms with van der Waals surface area (Å²) in [6, 6.07) is 7.87. The van der Waals surface area contributed by atoms with Gasteiger partial charge in [0, 0.05) is 18.2 Å². The second-order valence-electron chi connectivity index (χ2n) is 9.44. The lowest BCUT2D eigenvalue weighted by atomic mass is 9.88. The van der Waals surface area contributed by atoms with Crippen molar-refractivity contribution in [2.24, 2.45) is 5.92 Å². The first-order valence-electron chi connectivity index (χ1n) is 11.1. The summed E-state index contributed by atoms with van der Waals surface area (Å²) in [7, 11) is 0. The molecule has 32 heavy (non-hydrogen) atoms. The summed E-state index contributed by atoms with van der Waals surface area (Å²) in [4.78, 5) is 14.0. The summed E-state index contributed by atoms with van der Waals surface area (Å²) in [5.41, 5.74) is 0.558. The fourth-order valence-electron chi connectivity index (χ4n) is 4.50. The third kappa shape index (κ3) is 4.05. The molecule has 2 aliphatic carbocycles. The molecular weight excluding hydrogens is 426 g/mol. The van der Waals surface area contributed by atoms with Crippen molar-refractivity contribution in [3.05, 3.63) is 30.5 Å². The van der Waals surface area contributed by atoms with Gasteiger partial charge in [0.05, 0.1) is 33.5 Å². The molecule has 8 nitrogen and oxygen atoms in total. The molecule has 2 saturated carbocycles. The van der Waals surface area contributed by atoms with Crippen LogP contribution in [0.1, 0.15) is 39.5 Å². The van der Waals surface area contributed by atoms with Crippen LogP contribution in [0.4, 0.5) is 11.8 Å². The number of anilines is 2. The Kier molecular flexibility index (Phi) is 5.53. The van der Waals surface area contributed by atoms with Crippen LogP contribution in [0.15, 0.2) is 30.5 Å². The van der Waals surface area contributed by atoms with Gasteiger partial charge in [-0.2, -0.15) is 4.98 Å². The van der Waals surface area contributed by atoms with Gasteiger partial charge in [-0.05, 0) is 51.7 Å². The highest BCUT2D eigenvalue weighted by Gasteiger charge is 2.47. The number of aliphatic hydroxyl groups is 3. The van der Waals surface area contributed by atoms with Crippen molar-refractivity contribution in [2.75, 3.05) is 10.6 Å². The molecule has 5 rings (SSSR count). The molecule has 2 heterocycles. The molecule has 5 N–H and O–H groups in total. The van der Waals surface area contributed by atoms with Crippen molar-refractivity contribution in [1.29, 1.82) is 0 Å². The van der Waals surface area contributed by atoms with E-state index in [9.17, 15) is 15.3 Å². The molecular formula is C23H29N5O3S. The number of nitrogens with one attached hydrogen (secondary N) is 2. The zero-order chi connectivity index (χ0) is 22.5. The second kappa shape index (κ2) is 8.22. The van der Waals surface area contributed by atoms with E-state index in [4.69, 9.17) is 9.97 Å². The predicted octanol–water partition coefficient (Wildman–Crippen LogP) is 3.01. The van der Waals surface area contributed by atoms with Gasteiger partial charge in [0.25, 0.3) is 0 Å². The molecule has 0 amide bonds. The molecule has 0 bridgehead atoms. The standard InChI is InChI=1S/C23H29N5O3S/c1-23(2,31)14-10-16(19(30)18(14)29)26-20-13(11-24-22(28-20)25-12-6-5-7-12)21-27-15-8-3-4-9-17(15)32-21/h3-4,8-9,11-12,14,16,18-19,29-31H,5-7,10H2,1-2H3,(H2,24,25,26,28)/t14-,16+,18+,19-/m0/s1. The van der Waals surface area contributed by atoms with Crippen molar-refractivity contribution >= 4 is 33.3 Å². The van der Waals surface area contributed by atoms with Crippen LogP contribution in [-0.2, 0) is 0 Å². The number of hydrogen-bond donors (Lipinski definition) is 5. The van der Waals surface area contributed by atoms with Crippen LogP contribution >= 0.6 is 11.3 Å². The van der Waals surface area contributed by atoms with Gasteiger partial charge in [-0.15, -0.1) is 11.3 Å². The van der Waals surface area contributed by atoms with Crippen molar-refractivity contribution in [1.82, 2.24) is 15.0 Å². The molecule has 1 aromatic carbocycles. The van der Waals surface area contributed by atoms with E-state index in [-0.39, 0.29) is 0 Å². The van der Waals surface area contributed by atoms with Crippen molar-refractivity contribution in [2.45, 2.75) is 69.4 Å². The average Bonchev–Trinajstić information content (AvgIpc) is 3.27. The molecule has 2 aromatic heterocycles. The van der Waals surface area contributed by atoms with Crippen molar-refractivity contribution < 1.29 is 15.3 Å². The number of para-hydroxylation sites is 1. The van der Waals surface area contributed by atoms with Gasteiger partial charge < -0.3 is 26.0 Å². The maximum absolute atomic E-state index is 10.7. The minimum atomic E-state index is -1.10. The molecule has 0 aliphatic heterocycles. The van der Waals surface area contributed by atoms with Gasteiger partial charge in [-0.3, -0.25) is 0 Å². The Morgan fingerprint density at radius 3 is 2.50 bits per heavy atom. The number of thiazole rings is 1. The van der Waals surface area contributed by atoms with Gasteiger partial charge in [-0.25, -0.2) is 9.97 Å². The number of benzene rings is 1. The van der Waals surface area contributed by atoms with E-state index < -0.39 is 29.8 Å². The van der Waals surface area contributed by atoms with Crippen LogP contribution in [-0.4, -0.2) is 60.2 Å². The zero-order valence-corrected chi connectivity index (χ0v) is 19.0. The number of aromatic nitrogens is 3. The summed E-state index contributed by atoms with van der Waals surface area (Å²) in [5.74, 6) is 0.651. The van der Waals surface area contributed by atoms with Gasteiger partial charge in [0.1, 0.15) is 16.9 Å². The van der Waals surface area contributed by atoms with E-state index in [1.807, 2.05) is 24.3 Å². The van der Waals surface area contributed by atoms with E-state index >= 15 is 0 Å². The Morgan fingerprint density at radius 1 is 1.06 bits per heavy atom. The number of fused-ring (bicyclic) bond motifs is 1. The summed E-state index contributed by atoms with van der Waals surface area (Å²) in [6.45, 7) is 3.32. The van der Waals surface area contributed by atoms with Crippen molar-refractivity contribution in [3.8, 4) is 10.6 Å². The molecule has 0 radical (unpaired) electrons. The van der Waals surface area contributed by atoms with E-state index in [1.54, 1.807) is 31.4 Å². The Morgan fingerprint density at radius 2 is 1.84 bits per heavy atom. The van der Waals surface area contributed by atoms with Crippen LogP contribution in [0.3, 0.4) is 0 Å². The topological polar surface area (TPSA) is 123 Å². The number of hydrogen-bond acceptors (Lipinski definition) is 9. The largest absolute Gasteiger partial charge is 0.390 e. The minimum absolute atomic E-state index is 0.384. The normalized spacial score (nSPS) is 26.3. The van der Waals surface area contributed by atoms with Crippen LogP contribution < -0.4 is 10.6 Å². The van der Waals surface area contributed by atoms with Crippen molar-refractivity contribution in [3.63, 3.8) is 0 Å². The number of rotatable bonds is 6. The molecule has 2 fully saturated rings. The van der Waals surface area contributed by atoms with E-state index in [0.717, 1.165) is 33.6 Å². The average molecular weight is 456 g/mol. The van der Waals surface area contributed by atoms with Crippen LogP contribution in [0.25, 0.3) is 20.8 Å². The van der Waals surface area contributed by atoms with E-state index in [1.165, 1.54) is 6.42 Å². The summed E-state index contributed by atoms with van der Waals surface area (Å²) in [6.07, 6.45) is 3.55. The fourth-order valence-corrected chi connectivity index (χ4v) is 5.47. The Labute approximate surface area is 190 Å².